The molecule has 0 radical (unpaired) electrons. The number of hydrogen-bond donors (Lipinski definition) is 1. The lowest BCUT2D eigenvalue weighted by Crippen LogP contribution is -2.26. The van der Waals surface area contributed by atoms with E-state index in [1.807, 2.05) is 31.2 Å². The minimum atomic E-state index is -3.26. The quantitative estimate of drug-likeness (QED) is 0.483. The van der Waals surface area contributed by atoms with E-state index < -0.39 is 9.84 Å². The minimum Gasteiger partial charge on any atom is -0.342 e. The van der Waals surface area contributed by atoms with Crippen molar-refractivity contribution in [2.45, 2.75) is 11.8 Å². The Bertz CT molecular complexity index is 1380. The number of hydrogen-bond acceptors (Lipinski definition) is 6. The van der Waals surface area contributed by atoms with Gasteiger partial charge in [-0.2, -0.15) is 4.98 Å². The van der Waals surface area contributed by atoms with E-state index in [0.717, 1.165) is 16.8 Å². The van der Waals surface area contributed by atoms with Gasteiger partial charge in [-0.3, -0.25) is 4.79 Å². The molecule has 0 aliphatic rings. The highest BCUT2D eigenvalue weighted by Gasteiger charge is 2.13. The molecule has 2 aromatic carbocycles. The normalized spacial score (nSPS) is 11.5. The van der Waals surface area contributed by atoms with Crippen LogP contribution >= 0.6 is 0 Å². The molecule has 0 unspecified atom stereocenters. The Morgan fingerprint density at radius 2 is 1.75 bits per heavy atom. The zero-order chi connectivity index (χ0) is 22.9. The third kappa shape index (κ3) is 4.33. The van der Waals surface area contributed by atoms with Crippen molar-refractivity contribution in [1.82, 2.24) is 19.5 Å². The van der Waals surface area contributed by atoms with Gasteiger partial charge in [-0.05, 0) is 61.0 Å². The van der Waals surface area contributed by atoms with Crippen LogP contribution in [0.15, 0.2) is 71.8 Å². The van der Waals surface area contributed by atoms with E-state index in [1.54, 1.807) is 59.1 Å². The first-order chi connectivity index (χ1) is 15.3. The van der Waals surface area contributed by atoms with Gasteiger partial charge < -0.3 is 10.2 Å². The van der Waals surface area contributed by atoms with Gasteiger partial charge in [0.25, 0.3) is 5.91 Å². The first-order valence-corrected chi connectivity index (χ1v) is 11.9. The molecular weight excluding hydrogens is 426 g/mol. The molecule has 32 heavy (non-hydrogen) atoms. The second kappa shape index (κ2) is 8.43. The molecule has 0 saturated heterocycles. The van der Waals surface area contributed by atoms with E-state index in [4.69, 9.17) is 0 Å². The Kier molecular flexibility index (Phi) is 5.67. The van der Waals surface area contributed by atoms with Gasteiger partial charge in [-0.1, -0.05) is 12.1 Å². The summed E-state index contributed by atoms with van der Waals surface area (Å²) in [6.07, 6.45) is 2.98. The fourth-order valence-corrected chi connectivity index (χ4v) is 3.89. The molecule has 4 aromatic rings. The van der Waals surface area contributed by atoms with Crippen molar-refractivity contribution in [2.75, 3.05) is 25.2 Å². The van der Waals surface area contributed by atoms with Crippen LogP contribution in [0.25, 0.3) is 16.8 Å². The van der Waals surface area contributed by atoms with Gasteiger partial charge in [-0.15, -0.1) is 5.10 Å². The highest BCUT2D eigenvalue weighted by atomic mass is 32.2. The summed E-state index contributed by atoms with van der Waals surface area (Å²) >= 11 is 0. The Balaban J connectivity index is 1.60. The fraction of sp³-hybridized carbons (Fsp3) is 0.174. The number of benzene rings is 2. The Hall–Kier alpha value is -3.72. The van der Waals surface area contributed by atoms with E-state index in [2.05, 4.69) is 15.4 Å². The number of nitrogens with zero attached hydrogens (tertiary/aromatic N) is 4. The maximum absolute atomic E-state index is 12.3. The highest BCUT2D eigenvalue weighted by Crippen LogP contribution is 2.26. The molecule has 0 saturated carbocycles. The predicted molar refractivity (Wildman–Crippen MR) is 124 cm³/mol. The summed E-state index contributed by atoms with van der Waals surface area (Å²) in [7, 11) is -1.49. The smallest absolute Gasteiger partial charge is 0.253 e. The number of amides is 1. The molecule has 0 aliphatic carbocycles. The molecule has 0 fully saturated rings. The molecule has 1 amide bonds. The maximum atomic E-state index is 12.3. The van der Waals surface area contributed by atoms with Crippen molar-refractivity contribution in [3.8, 4) is 11.1 Å². The van der Waals surface area contributed by atoms with E-state index >= 15 is 0 Å². The fourth-order valence-electron chi connectivity index (χ4n) is 3.26. The van der Waals surface area contributed by atoms with Crippen LogP contribution in [0.5, 0.6) is 0 Å². The summed E-state index contributed by atoms with van der Waals surface area (Å²) in [5.41, 5.74) is 3.68. The number of nitrogens with one attached hydrogen (secondary N) is 1. The molecule has 8 nitrogen and oxygen atoms in total. The zero-order valence-electron chi connectivity index (χ0n) is 18.0. The van der Waals surface area contributed by atoms with Crippen molar-refractivity contribution in [3.63, 3.8) is 0 Å². The second-order valence-electron chi connectivity index (χ2n) is 7.44. The predicted octanol–water partition coefficient (Wildman–Crippen LogP) is 3.64. The van der Waals surface area contributed by atoms with Crippen LogP contribution in [0, 0.1) is 0 Å². The standard InChI is InChI=1S/C23H23N5O3S/c1-4-27(2)22(29)17-7-11-18(12-8-17)24-23-25-21-20(6-5-15-28(21)26-23)16-9-13-19(14-10-16)32(3,30)31/h5-15H,4H2,1-3H3,(H,24,26). The van der Waals surface area contributed by atoms with Crippen LogP contribution in [0.4, 0.5) is 11.6 Å². The lowest BCUT2D eigenvalue weighted by Gasteiger charge is -2.14. The van der Waals surface area contributed by atoms with Gasteiger partial charge in [0, 0.05) is 42.9 Å². The van der Waals surface area contributed by atoms with Crippen LogP contribution in [0.3, 0.4) is 0 Å². The van der Waals surface area contributed by atoms with Crippen molar-refractivity contribution < 1.29 is 13.2 Å². The summed E-state index contributed by atoms with van der Waals surface area (Å²) < 4.78 is 25.1. The van der Waals surface area contributed by atoms with E-state index in [1.165, 1.54) is 6.26 Å². The van der Waals surface area contributed by atoms with Crippen molar-refractivity contribution in [2.24, 2.45) is 0 Å². The van der Waals surface area contributed by atoms with Crippen molar-refractivity contribution >= 4 is 33.0 Å². The molecule has 1 N–H and O–H groups in total. The van der Waals surface area contributed by atoms with Crippen LogP contribution in [-0.4, -0.2) is 53.7 Å². The molecular formula is C23H23N5O3S. The number of rotatable bonds is 6. The van der Waals surface area contributed by atoms with Crippen molar-refractivity contribution in [3.05, 3.63) is 72.4 Å². The van der Waals surface area contributed by atoms with Gasteiger partial charge in [0.05, 0.1) is 4.90 Å². The number of pyridine rings is 1. The van der Waals surface area contributed by atoms with Crippen molar-refractivity contribution in [1.29, 1.82) is 0 Å². The SMILES string of the molecule is CCN(C)C(=O)c1ccc(Nc2nc3c(-c4ccc(S(C)(=O)=O)cc4)cccn3n2)cc1. The van der Waals surface area contributed by atoms with Gasteiger partial charge in [0.15, 0.2) is 15.5 Å². The zero-order valence-corrected chi connectivity index (χ0v) is 18.8. The third-order valence-electron chi connectivity index (χ3n) is 5.16. The lowest BCUT2D eigenvalue weighted by molar-refractivity contribution is 0.0802. The number of carbonyl (C=O) groups is 1. The van der Waals surface area contributed by atoms with Gasteiger partial charge in [0.1, 0.15) is 0 Å². The molecule has 9 heteroatoms. The molecule has 0 spiro atoms. The Labute approximate surface area is 186 Å². The number of carbonyl (C=O) groups excluding carboxylic acids is 1. The van der Waals surface area contributed by atoms with E-state index in [0.29, 0.717) is 23.7 Å². The third-order valence-corrected chi connectivity index (χ3v) is 6.29. The van der Waals surface area contributed by atoms with Gasteiger partial charge >= 0.3 is 0 Å². The first-order valence-electron chi connectivity index (χ1n) is 10.0. The van der Waals surface area contributed by atoms with E-state index in [-0.39, 0.29) is 10.8 Å². The number of anilines is 2. The van der Waals surface area contributed by atoms with Gasteiger partial charge in [-0.25, -0.2) is 12.9 Å². The summed E-state index contributed by atoms with van der Waals surface area (Å²) in [6, 6.07) is 17.6. The molecule has 2 heterocycles. The number of aromatic nitrogens is 3. The molecule has 2 aromatic heterocycles. The largest absolute Gasteiger partial charge is 0.342 e. The summed E-state index contributed by atoms with van der Waals surface area (Å²) in [6.45, 7) is 2.57. The summed E-state index contributed by atoms with van der Waals surface area (Å²) in [5.74, 6) is 0.381. The Morgan fingerprint density at radius 3 is 2.38 bits per heavy atom. The molecule has 4 rings (SSSR count). The summed E-state index contributed by atoms with van der Waals surface area (Å²) in [5, 5.41) is 7.64. The van der Waals surface area contributed by atoms with Crippen LogP contribution in [0.2, 0.25) is 0 Å². The van der Waals surface area contributed by atoms with Crippen LogP contribution in [-0.2, 0) is 9.84 Å². The van der Waals surface area contributed by atoms with Crippen LogP contribution < -0.4 is 5.32 Å². The first kappa shape index (κ1) is 21.5. The average molecular weight is 450 g/mol. The second-order valence-corrected chi connectivity index (χ2v) is 9.46. The van der Waals surface area contributed by atoms with Crippen LogP contribution in [0.1, 0.15) is 17.3 Å². The van der Waals surface area contributed by atoms with E-state index in [9.17, 15) is 13.2 Å². The monoisotopic (exact) mass is 449 g/mol. The molecule has 0 aliphatic heterocycles. The van der Waals surface area contributed by atoms with Gasteiger partial charge in [0.2, 0.25) is 5.95 Å². The topological polar surface area (TPSA) is 96.7 Å². The average Bonchev–Trinajstić information content (AvgIpc) is 3.20. The lowest BCUT2D eigenvalue weighted by atomic mass is 10.1. The Morgan fingerprint density at radius 1 is 1.06 bits per heavy atom. The maximum Gasteiger partial charge on any atom is 0.253 e. The minimum absolute atomic E-state index is 0.0311. The number of sulfone groups is 1. The highest BCUT2D eigenvalue weighted by molar-refractivity contribution is 7.90. The number of fused-ring (bicyclic) bond motifs is 1. The molecule has 0 atom stereocenters. The molecule has 0 bridgehead atoms. The molecule has 164 valence electrons. The summed E-state index contributed by atoms with van der Waals surface area (Å²) in [4.78, 5) is 18.8.